The number of carbonyl (C=O) groups is 1. The molecule has 21 heavy (non-hydrogen) atoms. The summed E-state index contributed by atoms with van der Waals surface area (Å²) in [4.78, 5) is 13.0. The topological polar surface area (TPSA) is 29.1 Å². The Bertz CT molecular complexity index is 686. The summed E-state index contributed by atoms with van der Waals surface area (Å²) in [5.74, 6) is -0.209. The first-order valence-electron chi connectivity index (χ1n) is 6.16. The van der Waals surface area contributed by atoms with E-state index in [2.05, 4.69) is 5.32 Å². The molecule has 1 amide bonds. The van der Waals surface area contributed by atoms with Crippen LogP contribution in [0.1, 0.15) is 5.56 Å². The Hall–Kier alpha value is -1.42. The number of nitrogens with one attached hydrogen (secondary N) is 1. The highest BCUT2D eigenvalue weighted by Gasteiger charge is 2.01. The lowest BCUT2D eigenvalue weighted by molar-refractivity contribution is -0.111. The maximum Gasteiger partial charge on any atom is 0.248 e. The lowest BCUT2D eigenvalue weighted by Gasteiger charge is -2.04. The van der Waals surface area contributed by atoms with Gasteiger partial charge in [-0.1, -0.05) is 35.3 Å². The fourth-order valence-electron chi connectivity index (χ4n) is 1.69. The second-order valence-corrected chi connectivity index (χ2v) is 5.94. The van der Waals surface area contributed by atoms with Crippen LogP contribution in [0.15, 0.2) is 53.4 Å². The molecule has 0 radical (unpaired) electrons. The summed E-state index contributed by atoms with van der Waals surface area (Å²) in [7, 11) is 0. The predicted molar refractivity (Wildman–Crippen MR) is 92.3 cm³/mol. The number of halogens is 2. The van der Waals surface area contributed by atoms with E-state index < -0.39 is 0 Å². The van der Waals surface area contributed by atoms with Gasteiger partial charge in [-0.05, 0) is 48.2 Å². The number of anilines is 1. The molecule has 5 heteroatoms. The van der Waals surface area contributed by atoms with Crippen LogP contribution in [-0.4, -0.2) is 12.2 Å². The largest absolute Gasteiger partial charge is 0.322 e. The molecule has 2 aromatic carbocycles. The lowest BCUT2D eigenvalue weighted by atomic mass is 10.2. The molecule has 0 unspecified atom stereocenters. The molecule has 0 aliphatic carbocycles. The van der Waals surface area contributed by atoms with Gasteiger partial charge < -0.3 is 5.32 Å². The van der Waals surface area contributed by atoms with E-state index in [1.165, 1.54) is 6.08 Å². The van der Waals surface area contributed by atoms with Gasteiger partial charge >= 0.3 is 0 Å². The quantitative estimate of drug-likeness (QED) is 0.600. The van der Waals surface area contributed by atoms with Crippen LogP contribution in [0.3, 0.4) is 0 Å². The van der Waals surface area contributed by atoms with Crippen molar-refractivity contribution in [1.29, 1.82) is 0 Å². The Morgan fingerprint density at radius 2 is 2.00 bits per heavy atom. The van der Waals surface area contributed by atoms with Crippen LogP contribution in [0, 0.1) is 0 Å². The second-order valence-electron chi connectivity index (χ2n) is 4.22. The molecule has 0 saturated heterocycles. The molecule has 0 saturated carbocycles. The summed E-state index contributed by atoms with van der Waals surface area (Å²) in [6.45, 7) is 0. The number of benzene rings is 2. The third-order valence-corrected chi connectivity index (χ3v) is 4.00. The van der Waals surface area contributed by atoms with Crippen molar-refractivity contribution in [3.8, 4) is 0 Å². The molecule has 2 rings (SSSR count). The number of amides is 1. The van der Waals surface area contributed by atoms with Gasteiger partial charge in [0.15, 0.2) is 0 Å². The number of hydrogen-bond donors (Lipinski definition) is 1. The Labute approximate surface area is 138 Å². The van der Waals surface area contributed by atoms with Gasteiger partial charge in [0.2, 0.25) is 5.91 Å². The van der Waals surface area contributed by atoms with E-state index in [0.717, 1.165) is 16.1 Å². The summed E-state index contributed by atoms with van der Waals surface area (Å²) < 4.78 is 0. The van der Waals surface area contributed by atoms with Gasteiger partial charge in [-0.3, -0.25) is 4.79 Å². The van der Waals surface area contributed by atoms with E-state index in [1.54, 1.807) is 36.0 Å². The van der Waals surface area contributed by atoms with E-state index in [0.29, 0.717) is 10.0 Å². The van der Waals surface area contributed by atoms with Crippen LogP contribution in [-0.2, 0) is 4.79 Å². The van der Waals surface area contributed by atoms with Crippen molar-refractivity contribution in [3.63, 3.8) is 0 Å². The van der Waals surface area contributed by atoms with Crippen molar-refractivity contribution in [1.82, 2.24) is 0 Å². The molecule has 0 spiro atoms. The monoisotopic (exact) mass is 337 g/mol. The maximum atomic E-state index is 11.9. The fourth-order valence-corrected chi connectivity index (χ4v) is 2.62. The van der Waals surface area contributed by atoms with Crippen molar-refractivity contribution >= 4 is 52.6 Å². The van der Waals surface area contributed by atoms with Gasteiger partial charge in [0, 0.05) is 26.7 Å². The summed E-state index contributed by atoms with van der Waals surface area (Å²) in [5.41, 5.74) is 1.51. The Morgan fingerprint density at radius 1 is 1.19 bits per heavy atom. The molecular weight excluding hydrogens is 325 g/mol. The zero-order valence-electron chi connectivity index (χ0n) is 11.3. The Balaban J connectivity index is 2.05. The first-order valence-corrected chi connectivity index (χ1v) is 8.15. The second kappa shape index (κ2) is 7.55. The number of hydrogen-bond acceptors (Lipinski definition) is 2. The SMILES string of the molecule is CSc1cccc(NC(=O)C=Cc2ccc(Cl)cc2Cl)c1. The first kappa shape index (κ1) is 16.0. The highest BCUT2D eigenvalue weighted by atomic mass is 35.5. The number of thioether (sulfide) groups is 1. The van der Waals surface area contributed by atoms with Crippen molar-refractivity contribution in [2.75, 3.05) is 11.6 Å². The average Bonchev–Trinajstić information content (AvgIpc) is 2.46. The first-order chi connectivity index (χ1) is 10.1. The highest BCUT2D eigenvalue weighted by Crippen LogP contribution is 2.22. The lowest BCUT2D eigenvalue weighted by Crippen LogP contribution is -2.07. The van der Waals surface area contributed by atoms with Crippen molar-refractivity contribution in [2.24, 2.45) is 0 Å². The van der Waals surface area contributed by atoms with E-state index in [9.17, 15) is 4.79 Å². The molecule has 0 fully saturated rings. The summed E-state index contributed by atoms with van der Waals surface area (Å²) in [6, 6.07) is 12.8. The minimum absolute atomic E-state index is 0.209. The molecule has 1 N–H and O–H groups in total. The van der Waals surface area contributed by atoms with Crippen LogP contribution in [0.4, 0.5) is 5.69 Å². The molecule has 0 atom stereocenters. The summed E-state index contributed by atoms with van der Waals surface area (Å²) >= 11 is 13.5. The van der Waals surface area contributed by atoms with Crippen molar-refractivity contribution in [3.05, 3.63) is 64.1 Å². The fraction of sp³-hybridized carbons (Fsp3) is 0.0625. The number of carbonyl (C=O) groups excluding carboxylic acids is 1. The smallest absolute Gasteiger partial charge is 0.248 e. The predicted octanol–water partition coefficient (Wildman–Crippen LogP) is 5.37. The van der Waals surface area contributed by atoms with Gasteiger partial charge in [-0.2, -0.15) is 0 Å². The normalized spacial score (nSPS) is 10.8. The molecule has 0 heterocycles. The van der Waals surface area contributed by atoms with Gasteiger partial charge in [0.25, 0.3) is 0 Å². The Kier molecular flexibility index (Phi) is 5.74. The van der Waals surface area contributed by atoms with E-state index in [4.69, 9.17) is 23.2 Å². The summed E-state index contributed by atoms with van der Waals surface area (Å²) in [5, 5.41) is 3.88. The minimum atomic E-state index is -0.209. The molecule has 2 nitrogen and oxygen atoms in total. The highest BCUT2D eigenvalue weighted by molar-refractivity contribution is 7.98. The Morgan fingerprint density at radius 3 is 2.71 bits per heavy atom. The van der Waals surface area contributed by atoms with Crippen LogP contribution in [0.2, 0.25) is 10.0 Å². The van der Waals surface area contributed by atoms with Crippen LogP contribution >= 0.6 is 35.0 Å². The number of rotatable bonds is 4. The van der Waals surface area contributed by atoms with Crippen molar-refractivity contribution in [2.45, 2.75) is 4.90 Å². The van der Waals surface area contributed by atoms with Crippen LogP contribution < -0.4 is 5.32 Å². The van der Waals surface area contributed by atoms with Gasteiger partial charge in [0.05, 0.1) is 0 Å². The zero-order valence-corrected chi connectivity index (χ0v) is 13.6. The minimum Gasteiger partial charge on any atom is -0.322 e. The van der Waals surface area contributed by atoms with Crippen LogP contribution in [0.5, 0.6) is 0 Å². The van der Waals surface area contributed by atoms with Crippen molar-refractivity contribution < 1.29 is 4.79 Å². The van der Waals surface area contributed by atoms with E-state index >= 15 is 0 Å². The summed E-state index contributed by atoms with van der Waals surface area (Å²) in [6.07, 6.45) is 5.09. The molecule has 0 aliphatic heterocycles. The third-order valence-electron chi connectivity index (χ3n) is 2.71. The molecule has 0 bridgehead atoms. The van der Waals surface area contributed by atoms with E-state index in [-0.39, 0.29) is 5.91 Å². The van der Waals surface area contributed by atoms with E-state index in [1.807, 2.05) is 30.5 Å². The third kappa shape index (κ3) is 4.81. The zero-order chi connectivity index (χ0) is 15.2. The van der Waals surface area contributed by atoms with Gasteiger partial charge in [-0.15, -0.1) is 11.8 Å². The van der Waals surface area contributed by atoms with Gasteiger partial charge in [0.1, 0.15) is 0 Å². The van der Waals surface area contributed by atoms with Gasteiger partial charge in [-0.25, -0.2) is 0 Å². The average molecular weight is 338 g/mol. The molecule has 0 aromatic heterocycles. The maximum absolute atomic E-state index is 11.9. The molecule has 108 valence electrons. The molecular formula is C16H13Cl2NOS. The van der Waals surface area contributed by atoms with Crippen LogP contribution in [0.25, 0.3) is 6.08 Å². The molecule has 0 aliphatic rings. The molecule has 2 aromatic rings. The standard InChI is InChI=1S/C16H13Cl2NOS/c1-21-14-4-2-3-13(10-14)19-16(20)8-6-11-5-7-12(17)9-15(11)18/h2-10H,1H3,(H,19,20).